The van der Waals surface area contributed by atoms with E-state index in [1.54, 1.807) is 0 Å². The van der Waals surface area contributed by atoms with Crippen molar-refractivity contribution in [1.29, 1.82) is 0 Å². The molecule has 120 valence electrons. The summed E-state index contributed by atoms with van der Waals surface area (Å²) in [5.41, 5.74) is 0.0703. The predicted octanol–water partition coefficient (Wildman–Crippen LogP) is 1.95. The zero-order valence-corrected chi connectivity index (χ0v) is 13.4. The fourth-order valence-electron chi connectivity index (χ4n) is 4.00. The van der Waals surface area contributed by atoms with Crippen molar-refractivity contribution in [2.75, 3.05) is 38.2 Å². The molecule has 1 aliphatic carbocycles. The van der Waals surface area contributed by atoms with Crippen LogP contribution in [-0.4, -0.2) is 59.8 Å². The van der Waals surface area contributed by atoms with E-state index < -0.39 is 0 Å². The molecule has 1 aromatic heterocycles. The standard InChI is InChI=1S/C17H26N4O/c1-20(16-18-7-3-8-19-16)15-10-17(22-12-15)6-2-9-21(13-17)11-14-4-5-14/h3,7-8,14-15H,2,4-6,9-13H2,1H3/t15-,17-/m1/s1. The highest BCUT2D eigenvalue weighted by atomic mass is 16.5. The Hall–Kier alpha value is -1.20. The number of piperidine rings is 1. The van der Waals surface area contributed by atoms with Crippen molar-refractivity contribution in [1.82, 2.24) is 14.9 Å². The lowest BCUT2D eigenvalue weighted by Crippen LogP contribution is -2.49. The molecule has 0 bridgehead atoms. The Balaban J connectivity index is 1.40. The third-order valence-electron chi connectivity index (χ3n) is 5.44. The van der Waals surface area contributed by atoms with E-state index in [9.17, 15) is 0 Å². The highest BCUT2D eigenvalue weighted by Crippen LogP contribution is 2.38. The molecular formula is C17H26N4O. The van der Waals surface area contributed by atoms with Gasteiger partial charge in [0.1, 0.15) is 0 Å². The van der Waals surface area contributed by atoms with E-state index in [1.807, 2.05) is 18.5 Å². The fraction of sp³-hybridized carbons (Fsp3) is 0.765. The van der Waals surface area contributed by atoms with E-state index in [0.717, 1.165) is 31.4 Å². The minimum absolute atomic E-state index is 0.0703. The zero-order chi connectivity index (χ0) is 15.0. The summed E-state index contributed by atoms with van der Waals surface area (Å²) < 4.78 is 6.33. The van der Waals surface area contributed by atoms with Crippen molar-refractivity contribution in [2.24, 2.45) is 5.92 Å². The molecule has 0 radical (unpaired) electrons. The maximum atomic E-state index is 6.33. The molecule has 2 saturated heterocycles. The highest BCUT2D eigenvalue weighted by Gasteiger charge is 2.45. The molecule has 5 heteroatoms. The highest BCUT2D eigenvalue weighted by molar-refractivity contribution is 5.30. The molecule has 3 aliphatic rings. The second-order valence-electron chi connectivity index (χ2n) is 7.29. The van der Waals surface area contributed by atoms with Gasteiger partial charge in [0.2, 0.25) is 5.95 Å². The normalized spacial score (nSPS) is 32.5. The molecule has 1 spiro atoms. The first-order chi connectivity index (χ1) is 10.7. The van der Waals surface area contributed by atoms with Crippen LogP contribution in [-0.2, 0) is 4.74 Å². The van der Waals surface area contributed by atoms with E-state index in [1.165, 1.54) is 38.8 Å². The Labute approximate surface area is 132 Å². The third-order valence-corrected chi connectivity index (χ3v) is 5.44. The largest absolute Gasteiger partial charge is 0.371 e. The summed E-state index contributed by atoms with van der Waals surface area (Å²) in [5, 5.41) is 0. The van der Waals surface area contributed by atoms with Crippen molar-refractivity contribution in [3.05, 3.63) is 18.5 Å². The summed E-state index contributed by atoms with van der Waals surface area (Å²) in [7, 11) is 2.09. The van der Waals surface area contributed by atoms with Crippen molar-refractivity contribution in [3.63, 3.8) is 0 Å². The van der Waals surface area contributed by atoms with Gasteiger partial charge in [-0.15, -0.1) is 0 Å². The number of aromatic nitrogens is 2. The van der Waals surface area contributed by atoms with Crippen LogP contribution in [0, 0.1) is 5.92 Å². The summed E-state index contributed by atoms with van der Waals surface area (Å²) in [6, 6.07) is 2.25. The van der Waals surface area contributed by atoms with Gasteiger partial charge in [0.15, 0.2) is 0 Å². The molecule has 3 heterocycles. The number of likely N-dealkylation sites (tertiary alicyclic amines) is 1. The van der Waals surface area contributed by atoms with Gasteiger partial charge in [0, 0.05) is 39.0 Å². The minimum atomic E-state index is 0.0703. The molecule has 2 aliphatic heterocycles. The van der Waals surface area contributed by atoms with Crippen LogP contribution in [0.1, 0.15) is 32.1 Å². The van der Waals surface area contributed by atoms with E-state index in [-0.39, 0.29) is 5.60 Å². The summed E-state index contributed by atoms with van der Waals surface area (Å²) in [5.74, 6) is 1.77. The van der Waals surface area contributed by atoms with Crippen molar-refractivity contribution < 1.29 is 4.74 Å². The molecule has 22 heavy (non-hydrogen) atoms. The number of ether oxygens (including phenoxy) is 1. The number of anilines is 1. The van der Waals surface area contributed by atoms with E-state index >= 15 is 0 Å². The van der Waals surface area contributed by atoms with Gasteiger partial charge >= 0.3 is 0 Å². The lowest BCUT2D eigenvalue weighted by molar-refractivity contribution is -0.0521. The molecule has 1 saturated carbocycles. The van der Waals surface area contributed by atoms with E-state index in [4.69, 9.17) is 4.74 Å². The maximum Gasteiger partial charge on any atom is 0.225 e. The molecule has 0 aromatic carbocycles. The summed E-state index contributed by atoms with van der Waals surface area (Å²) in [4.78, 5) is 13.6. The second kappa shape index (κ2) is 5.78. The third kappa shape index (κ3) is 2.97. The lowest BCUT2D eigenvalue weighted by Gasteiger charge is -2.40. The van der Waals surface area contributed by atoms with Gasteiger partial charge in [-0.05, 0) is 44.2 Å². The Morgan fingerprint density at radius 2 is 2.18 bits per heavy atom. The van der Waals surface area contributed by atoms with Crippen LogP contribution in [0.2, 0.25) is 0 Å². The Morgan fingerprint density at radius 1 is 1.36 bits per heavy atom. The quantitative estimate of drug-likeness (QED) is 0.850. The van der Waals surface area contributed by atoms with Gasteiger partial charge in [-0.3, -0.25) is 0 Å². The molecule has 3 fully saturated rings. The van der Waals surface area contributed by atoms with Gasteiger partial charge in [0.25, 0.3) is 0 Å². The van der Waals surface area contributed by atoms with Gasteiger partial charge < -0.3 is 14.5 Å². The summed E-state index contributed by atoms with van der Waals surface area (Å²) in [6.45, 7) is 4.45. The van der Waals surface area contributed by atoms with Crippen molar-refractivity contribution >= 4 is 5.95 Å². The first kappa shape index (κ1) is 14.4. The monoisotopic (exact) mass is 302 g/mol. The van der Waals surface area contributed by atoms with Gasteiger partial charge in [-0.25, -0.2) is 9.97 Å². The lowest BCUT2D eigenvalue weighted by atomic mass is 9.88. The molecule has 0 N–H and O–H groups in total. The van der Waals surface area contributed by atoms with Crippen LogP contribution >= 0.6 is 0 Å². The Morgan fingerprint density at radius 3 is 2.95 bits per heavy atom. The summed E-state index contributed by atoms with van der Waals surface area (Å²) in [6.07, 6.45) is 10.1. The number of hydrogen-bond donors (Lipinski definition) is 0. The zero-order valence-electron chi connectivity index (χ0n) is 13.4. The van der Waals surface area contributed by atoms with Crippen LogP contribution in [0.3, 0.4) is 0 Å². The second-order valence-corrected chi connectivity index (χ2v) is 7.29. The van der Waals surface area contributed by atoms with E-state index in [2.05, 4.69) is 26.8 Å². The maximum absolute atomic E-state index is 6.33. The molecule has 2 atom stereocenters. The van der Waals surface area contributed by atoms with Gasteiger partial charge in [0.05, 0.1) is 18.2 Å². The van der Waals surface area contributed by atoms with Crippen molar-refractivity contribution in [3.8, 4) is 0 Å². The smallest absolute Gasteiger partial charge is 0.225 e. The van der Waals surface area contributed by atoms with Gasteiger partial charge in [-0.2, -0.15) is 0 Å². The first-order valence-electron chi connectivity index (χ1n) is 8.60. The van der Waals surface area contributed by atoms with Crippen LogP contribution in [0.5, 0.6) is 0 Å². The summed E-state index contributed by atoms with van der Waals surface area (Å²) >= 11 is 0. The average molecular weight is 302 g/mol. The van der Waals surface area contributed by atoms with Crippen LogP contribution in [0.15, 0.2) is 18.5 Å². The van der Waals surface area contributed by atoms with Crippen LogP contribution < -0.4 is 4.90 Å². The number of rotatable bonds is 4. The first-order valence-corrected chi connectivity index (χ1v) is 8.60. The molecule has 0 unspecified atom stereocenters. The molecular weight excluding hydrogens is 276 g/mol. The van der Waals surface area contributed by atoms with Crippen LogP contribution in [0.25, 0.3) is 0 Å². The Bertz CT molecular complexity index is 507. The average Bonchev–Trinajstić information content (AvgIpc) is 3.27. The van der Waals surface area contributed by atoms with E-state index in [0.29, 0.717) is 6.04 Å². The fourth-order valence-corrected chi connectivity index (χ4v) is 4.00. The van der Waals surface area contributed by atoms with Crippen molar-refractivity contribution in [2.45, 2.75) is 43.7 Å². The predicted molar refractivity (Wildman–Crippen MR) is 85.9 cm³/mol. The number of hydrogen-bond acceptors (Lipinski definition) is 5. The molecule has 1 aromatic rings. The minimum Gasteiger partial charge on any atom is -0.371 e. The van der Waals surface area contributed by atoms with Crippen LogP contribution in [0.4, 0.5) is 5.95 Å². The number of likely N-dealkylation sites (N-methyl/N-ethyl adjacent to an activating group) is 1. The topological polar surface area (TPSA) is 41.5 Å². The molecule has 0 amide bonds. The number of nitrogens with zero attached hydrogens (tertiary/aromatic N) is 4. The SMILES string of the molecule is CN(c1ncccn1)[C@H]1CO[C@]2(CCCN(CC3CC3)C2)C1. The van der Waals surface area contributed by atoms with Gasteiger partial charge in [-0.1, -0.05) is 0 Å². The molecule has 5 nitrogen and oxygen atoms in total. The Kier molecular flexibility index (Phi) is 3.78. The molecule has 4 rings (SSSR count).